The molecule has 2 unspecified atom stereocenters. The zero-order valence-electron chi connectivity index (χ0n) is 18.3. The minimum Gasteiger partial charge on any atom is -0.465 e. The fourth-order valence-electron chi connectivity index (χ4n) is 4.62. The summed E-state index contributed by atoms with van der Waals surface area (Å²) in [5.41, 5.74) is 4.30. The molecule has 0 aromatic heterocycles. The van der Waals surface area contributed by atoms with Crippen LogP contribution in [0.1, 0.15) is 41.9 Å². The molecule has 0 aliphatic carbocycles. The highest BCUT2D eigenvalue weighted by atomic mass is 16.5. The molecule has 2 aromatic carbocycles. The predicted molar refractivity (Wildman–Crippen MR) is 119 cm³/mol. The lowest BCUT2D eigenvalue weighted by molar-refractivity contribution is -0.913. The first-order valence-electron chi connectivity index (χ1n) is 10.8. The highest BCUT2D eigenvalue weighted by Crippen LogP contribution is 2.31. The molecule has 1 fully saturated rings. The van der Waals surface area contributed by atoms with Gasteiger partial charge in [0.1, 0.15) is 0 Å². The van der Waals surface area contributed by atoms with Crippen LogP contribution in [0.4, 0.5) is 5.69 Å². The third-order valence-electron chi connectivity index (χ3n) is 6.32. The molecule has 0 spiro atoms. The van der Waals surface area contributed by atoms with E-state index >= 15 is 0 Å². The number of benzene rings is 2. The maximum Gasteiger partial charge on any atom is 0.361 e. The third kappa shape index (κ3) is 5.48. The smallest absolute Gasteiger partial charge is 0.361 e. The Balaban J connectivity index is 1.76. The summed E-state index contributed by atoms with van der Waals surface area (Å²) >= 11 is 0. The Morgan fingerprint density at radius 2 is 1.67 bits per heavy atom. The number of likely N-dealkylation sites (tertiary alicyclic amines) is 1. The Morgan fingerprint density at radius 3 is 2.33 bits per heavy atom. The first-order valence-corrected chi connectivity index (χ1v) is 10.8. The molecular weight excluding hydrogens is 376 g/mol. The van der Waals surface area contributed by atoms with Crippen LogP contribution >= 0.6 is 0 Å². The van der Waals surface area contributed by atoms with Gasteiger partial charge < -0.3 is 14.5 Å². The number of aryl methyl sites for hydroxylation is 2. The molecule has 1 aliphatic rings. The molecule has 2 atom stereocenters. The number of esters is 1. The van der Waals surface area contributed by atoms with E-state index in [1.54, 1.807) is 0 Å². The predicted octanol–water partition coefficient (Wildman–Crippen LogP) is 4.20. The number of hydrogen-bond acceptors (Lipinski definition) is 3. The molecule has 2 aromatic rings. The molecule has 0 saturated carbocycles. The molecule has 3 rings (SSSR count). The van der Waals surface area contributed by atoms with E-state index in [2.05, 4.69) is 29.6 Å². The molecule has 5 heteroatoms. The molecule has 0 radical (unpaired) electrons. The molecule has 30 heavy (non-hydrogen) atoms. The minimum absolute atomic E-state index is 0.0468. The van der Waals surface area contributed by atoms with E-state index in [4.69, 9.17) is 4.74 Å². The summed E-state index contributed by atoms with van der Waals surface area (Å²) in [4.78, 5) is 25.3. The molecule has 0 bridgehead atoms. The maximum atomic E-state index is 13.0. The Bertz CT molecular complexity index is 861. The Labute approximate surface area is 179 Å². The summed E-state index contributed by atoms with van der Waals surface area (Å²) < 4.78 is 5.43. The van der Waals surface area contributed by atoms with Crippen LogP contribution in [-0.4, -0.2) is 49.6 Å². The van der Waals surface area contributed by atoms with Gasteiger partial charge in [-0.3, -0.25) is 4.79 Å². The first-order chi connectivity index (χ1) is 14.4. The van der Waals surface area contributed by atoms with Gasteiger partial charge in [0, 0.05) is 12.1 Å². The number of nitrogens with zero attached hydrogens (tertiary/aromatic N) is 1. The number of anilines is 1. The average molecular weight is 410 g/mol. The number of rotatable bonds is 6. The van der Waals surface area contributed by atoms with Crippen molar-refractivity contribution in [1.29, 1.82) is 0 Å². The van der Waals surface area contributed by atoms with Gasteiger partial charge in [-0.25, -0.2) is 4.79 Å². The number of methoxy groups -OCH3 is 1. The van der Waals surface area contributed by atoms with Crippen LogP contribution in [0.25, 0.3) is 0 Å². The summed E-state index contributed by atoms with van der Waals surface area (Å²) in [7, 11) is 1.42. The van der Waals surface area contributed by atoms with Gasteiger partial charge in [0.05, 0.1) is 20.2 Å². The van der Waals surface area contributed by atoms with Crippen molar-refractivity contribution in [3.63, 3.8) is 0 Å². The number of amides is 1. The number of quaternary nitrogens is 1. The van der Waals surface area contributed by atoms with Gasteiger partial charge in [-0.1, -0.05) is 48.5 Å². The van der Waals surface area contributed by atoms with E-state index in [0.29, 0.717) is 10.4 Å². The van der Waals surface area contributed by atoms with Gasteiger partial charge >= 0.3 is 5.97 Å². The lowest BCUT2D eigenvalue weighted by Gasteiger charge is -2.36. The van der Waals surface area contributed by atoms with Crippen molar-refractivity contribution < 1.29 is 18.8 Å². The lowest BCUT2D eigenvalue weighted by atomic mass is 9.92. The molecule has 1 heterocycles. The summed E-state index contributed by atoms with van der Waals surface area (Å²) in [6, 6.07) is 16.5. The highest BCUT2D eigenvalue weighted by molar-refractivity contribution is 5.93. The monoisotopic (exact) mass is 409 g/mol. The van der Waals surface area contributed by atoms with Crippen molar-refractivity contribution in [2.24, 2.45) is 0 Å². The van der Waals surface area contributed by atoms with Crippen LogP contribution in [0.5, 0.6) is 0 Å². The second-order valence-corrected chi connectivity index (χ2v) is 8.53. The van der Waals surface area contributed by atoms with Crippen molar-refractivity contribution in [3.05, 3.63) is 65.2 Å². The van der Waals surface area contributed by atoms with Crippen molar-refractivity contribution in [2.75, 3.05) is 38.6 Å². The van der Waals surface area contributed by atoms with E-state index in [0.717, 1.165) is 49.2 Å². The van der Waals surface area contributed by atoms with Crippen LogP contribution in [0.3, 0.4) is 0 Å². The van der Waals surface area contributed by atoms with E-state index in [1.165, 1.54) is 12.7 Å². The van der Waals surface area contributed by atoms with Crippen molar-refractivity contribution in [1.82, 2.24) is 0 Å². The SMILES string of the molecule is COC(=O)C[N+]1(CC(=O)Nc2c(C)cccc2C)CCCC(c2ccccc2)CC1. The second-order valence-electron chi connectivity index (χ2n) is 8.53. The zero-order valence-corrected chi connectivity index (χ0v) is 18.3. The molecular formula is C25H33N2O3+. The molecule has 5 nitrogen and oxygen atoms in total. The summed E-state index contributed by atoms with van der Waals surface area (Å²) in [6.45, 7) is 6.10. The highest BCUT2D eigenvalue weighted by Gasteiger charge is 2.36. The minimum atomic E-state index is -0.256. The normalized spacial score (nSPS) is 21.5. The third-order valence-corrected chi connectivity index (χ3v) is 6.32. The first kappa shape index (κ1) is 22.0. The maximum absolute atomic E-state index is 13.0. The molecule has 1 N–H and O–H groups in total. The average Bonchev–Trinajstić information content (AvgIpc) is 2.94. The van der Waals surface area contributed by atoms with Crippen LogP contribution in [-0.2, 0) is 14.3 Å². The van der Waals surface area contributed by atoms with E-state index in [9.17, 15) is 9.59 Å². The van der Waals surface area contributed by atoms with Gasteiger partial charge in [0.15, 0.2) is 13.1 Å². The van der Waals surface area contributed by atoms with Crippen LogP contribution in [0.15, 0.2) is 48.5 Å². The Morgan fingerprint density at radius 1 is 0.967 bits per heavy atom. The topological polar surface area (TPSA) is 55.4 Å². The van der Waals surface area contributed by atoms with Gasteiger partial charge in [0.2, 0.25) is 0 Å². The number of nitrogens with one attached hydrogen (secondary N) is 1. The molecule has 1 saturated heterocycles. The van der Waals surface area contributed by atoms with E-state index in [-0.39, 0.29) is 25.0 Å². The van der Waals surface area contributed by atoms with Crippen LogP contribution in [0, 0.1) is 13.8 Å². The fraction of sp³-hybridized carbons (Fsp3) is 0.440. The van der Waals surface area contributed by atoms with Gasteiger partial charge in [-0.2, -0.15) is 0 Å². The van der Waals surface area contributed by atoms with E-state index in [1.807, 2.05) is 38.1 Å². The molecule has 1 aliphatic heterocycles. The number of carbonyl (C=O) groups is 2. The standard InChI is InChI=1S/C25H32N2O3/c1-19-9-7-10-20(2)25(19)26-23(28)17-27(18-24(29)30-3)15-8-13-22(14-16-27)21-11-5-4-6-12-21/h4-7,9-12,22H,8,13-18H2,1-3H3/p+1. The summed E-state index contributed by atoms with van der Waals surface area (Å²) in [5.74, 6) is 0.160. The van der Waals surface area contributed by atoms with Crippen molar-refractivity contribution in [2.45, 2.75) is 39.0 Å². The van der Waals surface area contributed by atoms with Crippen molar-refractivity contribution >= 4 is 17.6 Å². The quantitative estimate of drug-likeness (QED) is 0.575. The largest absolute Gasteiger partial charge is 0.465 e. The molecule has 1 amide bonds. The van der Waals surface area contributed by atoms with Gasteiger partial charge in [-0.05, 0) is 49.3 Å². The summed E-state index contributed by atoms with van der Waals surface area (Å²) in [5, 5.41) is 3.10. The zero-order chi connectivity index (χ0) is 21.6. The fourth-order valence-corrected chi connectivity index (χ4v) is 4.62. The van der Waals surface area contributed by atoms with Crippen LogP contribution in [0.2, 0.25) is 0 Å². The van der Waals surface area contributed by atoms with Crippen molar-refractivity contribution in [3.8, 4) is 0 Å². The van der Waals surface area contributed by atoms with Gasteiger partial charge in [-0.15, -0.1) is 0 Å². The number of carbonyl (C=O) groups excluding carboxylic acids is 2. The number of para-hydroxylation sites is 1. The lowest BCUT2D eigenvalue weighted by Crippen LogP contribution is -2.55. The molecule has 160 valence electrons. The Hall–Kier alpha value is -2.66. The van der Waals surface area contributed by atoms with Gasteiger partial charge in [0.25, 0.3) is 5.91 Å². The summed E-state index contributed by atoms with van der Waals surface area (Å²) in [6.07, 6.45) is 3.01. The Kier molecular flexibility index (Phi) is 7.27. The van der Waals surface area contributed by atoms with Crippen LogP contribution < -0.4 is 5.32 Å². The number of ether oxygens (including phenoxy) is 1. The second kappa shape index (κ2) is 9.90. The van der Waals surface area contributed by atoms with E-state index < -0.39 is 0 Å². The number of hydrogen-bond donors (Lipinski definition) is 1.